The second kappa shape index (κ2) is 44.1. The maximum atomic E-state index is 12.4. The van der Waals surface area contributed by atoms with Crippen molar-refractivity contribution in [2.75, 3.05) is 70.1 Å². The summed E-state index contributed by atoms with van der Waals surface area (Å²) in [5.74, 6) is -5.77. The number of aryl methyl sites for hydroxylation is 3. The largest absolute Gasteiger partial charge is 0.463 e. The van der Waals surface area contributed by atoms with Crippen LogP contribution in [0, 0.1) is 17.8 Å². The first-order valence-electron chi connectivity index (χ1n) is 33.5. The van der Waals surface area contributed by atoms with Crippen LogP contribution in [0.1, 0.15) is 100 Å². The molecule has 0 amide bonds. The standard InChI is InChI=1S/C65H89N9O31S3/c1-14-18-87-31-65(32-88-25-47-22-72(69-66-47)15-19-106-62-59(100-44(11)84)56(97-41(8)81)53(94-38(5)78)50(103-62)28-91-35(2)75,33-89-26-48-23-73(70-67-48)16-20-107-63-60(101-45(12)85)57(98-42(9)82)54(95-39(6)79)51(104-63)29-92-36(3)76)34-90-27-49-24-74(71-68-49)17-21-108-64-61(102-46(13)86)58(99-43(10)83)55(96-40(7)80)52(105-64)30-93-37(4)77/h1,22-24,50-64H,15-21,25-34H2,2-13H3/t50-,51-,52-,53-,54-,55-,56+,57+,58+,59+,60+,61+,62-,63-,64-/m1/s1. The van der Waals surface area contributed by atoms with E-state index in [1.54, 1.807) is 18.6 Å². The Labute approximate surface area is 632 Å². The molecule has 3 fully saturated rings. The third kappa shape index (κ3) is 29.8. The maximum Gasteiger partial charge on any atom is 0.303 e. The van der Waals surface area contributed by atoms with Crippen LogP contribution in [0.3, 0.4) is 0 Å². The summed E-state index contributed by atoms with van der Waals surface area (Å²) in [4.78, 5) is 147. The van der Waals surface area contributed by atoms with E-state index in [9.17, 15) is 57.5 Å². The molecule has 6 heterocycles. The fourth-order valence-electron chi connectivity index (χ4n) is 11.0. The maximum absolute atomic E-state index is 12.4. The average molecular weight is 1590 g/mol. The Bertz CT molecular complexity index is 3230. The van der Waals surface area contributed by atoms with Crippen LogP contribution in [0.4, 0.5) is 0 Å². The minimum absolute atomic E-state index is 0.0906. The van der Waals surface area contributed by atoms with Crippen LogP contribution in [-0.4, -0.2) is 276 Å². The topological polar surface area (TPSA) is 472 Å². The van der Waals surface area contributed by atoms with Gasteiger partial charge in [-0.1, -0.05) is 21.6 Å². The number of hydrogen-bond donors (Lipinski definition) is 0. The van der Waals surface area contributed by atoms with Gasteiger partial charge >= 0.3 is 71.6 Å². The summed E-state index contributed by atoms with van der Waals surface area (Å²) in [6.07, 6.45) is -4.85. The summed E-state index contributed by atoms with van der Waals surface area (Å²) in [5, 5.41) is 25.7. The second-order valence-corrected chi connectivity index (χ2v) is 28.0. The Balaban J connectivity index is 1.17. The van der Waals surface area contributed by atoms with Crippen molar-refractivity contribution in [2.45, 2.75) is 212 Å². The van der Waals surface area contributed by atoms with Gasteiger partial charge in [-0.2, -0.15) is 0 Å². The van der Waals surface area contributed by atoms with Gasteiger partial charge in [-0.15, -0.1) is 57.0 Å². The number of carbonyl (C=O) groups is 12. The fourth-order valence-corrected chi connectivity index (χ4v) is 14.4. The highest BCUT2D eigenvalue weighted by molar-refractivity contribution is 8.00. The molecule has 0 unspecified atom stereocenters. The van der Waals surface area contributed by atoms with Gasteiger partial charge in [0.25, 0.3) is 0 Å². The van der Waals surface area contributed by atoms with Crippen molar-refractivity contribution < 1.29 is 148 Å². The van der Waals surface area contributed by atoms with Crippen LogP contribution in [0.15, 0.2) is 18.6 Å². The normalized spacial score (nSPS) is 23.9. The third-order valence-corrected chi connectivity index (χ3v) is 18.4. The molecule has 6 rings (SSSR count). The molecular formula is C65H89N9O31S3. The number of nitrogens with zero attached hydrogens (tertiary/aromatic N) is 9. The van der Waals surface area contributed by atoms with E-state index in [2.05, 4.69) is 36.9 Å². The van der Waals surface area contributed by atoms with Gasteiger partial charge in [-0.05, 0) is 0 Å². The smallest absolute Gasteiger partial charge is 0.303 e. The second-order valence-electron chi connectivity index (χ2n) is 24.4. The molecule has 598 valence electrons. The quantitative estimate of drug-likeness (QED) is 0.0322. The van der Waals surface area contributed by atoms with Crippen molar-refractivity contribution >= 4 is 107 Å². The Hall–Kier alpha value is -8.61. The number of hydrogen-bond acceptors (Lipinski definition) is 40. The molecular weight excluding hydrogens is 1500 g/mol. The molecule has 0 aliphatic carbocycles. The highest BCUT2D eigenvalue weighted by Gasteiger charge is 2.55. The number of carbonyl (C=O) groups excluding carboxylic acids is 12. The van der Waals surface area contributed by atoms with Gasteiger partial charge in [0.2, 0.25) is 0 Å². The van der Waals surface area contributed by atoms with E-state index in [-0.39, 0.29) is 89.7 Å². The number of esters is 12. The molecule has 40 nitrogen and oxygen atoms in total. The Kier molecular flexibility index (Phi) is 36.1. The van der Waals surface area contributed by atoms with Gasteiger partial charge in [-0.25, -0.2) is 0 Å². The summed E-state index contributed by atoms with van der Waals surface area (Å²) in [7, 11) is 0. The molecule has 0 N–H and O–H groups in total. The van der Waals surface area contributed by atoms with Crippen LogP contribution in [0.25, 0.3) is 0 Å². The first kappa shape index (κ1) is 88.3. The fraction of sp³-hybridized carbons (Fsp3) is 0.692. The lowest BCUT2D eigenvalue weighted by atomic mass is 9.92. The highest BCUT2D eigenvalue weighted by atomic mass is 32.2. The Morgan fingerprint density at radius 1 is 0.370 bits per heavy atom. The zero-order valence-electron chi connectivity index (χ0n) is 61.4. The van der Waals surface area contributed by atoms with E-state index < -0.39 is 186 Å². The van der Waals surface area contributed by atoms with Crippen LogP contribution in [0.2, 0.25) is 0 Å². The van der Waals surface area contributed by atoms with Crippen molar-refractivity contribution in [3.63, 3.8) is 0 Å². The lowest BCUT2D eigenvalue weighted by molar-refractivity contribution is -0.237. The lowest BCUT2D eigenvalue weighted by Crippen LogP contribution is -2.61. The van der Waals surface area contributed by atoms with E-state index in [1.165, 1.54) is 34.8 Å². The van der Waals surface area contributed by atoms with Gasteiger partial charge in [0, 0.05) is 100 Å². The van der Waals surface area contributed by atoms with Gasteiger partial charge in [0.05, 0.1) is 89.9 Å². The van der Waals surface area contributed by atoms with Crippen LogP contribution in [0.5, 0.6) is 0 Å². The summed E-state index contributed by atoms with van der Waals surface area (Å²) >= 11 is 3.42. The van der Waals surface area contributed by atoms with E-state index in [4.69, 9.17) is 96.4 Å². The van der Waals surface area contributed by atoms with Gasteiger partial charge in [-0.3, -0.25) is 71.6 Å². The number of rotatable bonds is 42. The SMILES string of the molecule is C#CCOCC(COCc1cn(CCS[C@H]2O[C@H](COC(C)=O)[C@@H](OC(C)=O)[C@H](OC(C)=O)[C@@H]2OC(C)=O)nn1)(COCc1cn(CCS[C@H]2O[C@H](COC(C)=O)[C@@H](OC(C)=O)[C@H](OC(C)=O)[C@@H]2OC(C)=O)nn1)COCc1cn(CCS[C@H]2O[C@H](COC(C)=O)[C@@H](OC(C)=O)[C@H](OC(C)=O)[C@@H]2OC(C)=O)nn1. The van der Waals surface area contributed by atoms with Gasteiger partial charge in [0.15, 0.2) is 54.9 Å². The van der Waals surface area contributed by atoms with Gasteiger partial charge < -0.3 is 90.0 Å². The average Bonchev–Trinajstić information content (AvgIpc) is 0.950. The van der Waals surface area contributed by atoms with Crippen LogP contribution < -0.4 is 0 Å². The number of ether oxygens (including phenoxy) is 19. The van der Waals surface area contributed by atoms with Crippen LogP contribution in [-0.2, 0) is 187 Å². The van der Waals surface area contributed by atoms with Crippen molar-refractivity contribution in [3.8, 4) is 12.3 Å². The first-order valence-corrected chi connectivity index (χ1v) is 36.6. The summed E-state index contributed by atoms with van der Waals surface area (Å²) in [6, 6.07) is 0. The molecule has 3 saturated heterocycles. The zero-order chi connectivity index (χ0) is 79.2. The van der Waals surface area contributed by atoms with E-state index in [0.29, 0.717) is 17.1 Å². The first-order chi connectivity index (χ1) is 51.3. The minimum atomic E-state index is -1.36. The van der Waals surface area contributed by atoms with E-state index >= 15 is 0 Å². The lowest BCUT2D eigenvalue weighted by Gasteiger charge is -2.44. The summed E-state index contributed by atoms with van der Waals surface area (Å²) in [5.41, 5.74) is -3.16. The number of aromatic nitrogens is 9. The molecule has 0 aromatic carbocycles. The molecule has 43 heteroatoms. The molecule has 3 aliphatic heterocycles. The summed E-state index contributed by atoms with van der Waals surface area (Å²) < 4.78 is 114. The Morgan fingerprint density at radius 2 is 0.611 bits per heavy atom. The van der Waals surface area contributed by atoms with Crippen molar-refractivity contribution in [1.29, 1.82) is 0 Å². The molecule has 3 aromatic rings. The molecule has 0 spiro atoms. The molecule has 0 saturated carbocycles. The molecule has 108 heavy (non-hydrogen) atoms. The van der Waals surface area contributed by atoms with Crippen molar-refractivity contribution in [2.24, 2.45) is 5.41 Å². The zero-order valence-corrected chi connectivity index (χ0v) is 63.8. The summed E-state index contributed by atoms with van der Waals surface area (Å²) in [6.45, 7) is 12.1. The number of thioether (sulfide) groups is 3. The van der Waals surface area contributed by atoms with E-state index in [0.717, 1.165) is 97.6 Å². The van der Waals surface area contributed by atoms with Crippen molar-refractivity contribution in [1.82, 2.24) is 45.0 Å². The molecule has 0 bridgehead atoms. The molecule has 15 atom stereocenters. The molecule has 3 aromatic heterocycles. The highest BCUT2D eigenvalue weighted by Crippen LogP contribution is 2.38. The van der Waals surface area contributed by atoms with Crippen LogP contribution >= 0.6 is 35.3 Å². The van der Waals surface area contributed by atoms with Crippen molar-refractivity contribution in [3.05, 3.63) is 35.7 Å². The third-order valence-electron chi connectivity index (χ3n) is 15.0. The van der Waals surface area contributed by atoms with E-state index in [1.807, 2.05) is 0 Å². The monoisotopic (exact) mass is 1590 g/mol. The Morgan fingerprint density at radius 3 is 0.852 bits per heavy atom. The number of terminal acetylenes is 1. The molecule has 3 aliphatic rings. The minimum Gasteiger partial charge on any atom is -0.463 e. The predicted molar refractivity (Wildman–Crippen MR) is 364 cm³/mol. The molecule has 0 radical (unpaired) electrons. The van der Waals surface area contributed by atoms with Gasteiger partial charge in [0.1, 0.15) is 78.1 Å². The predicted octanol–water partition coefficient (Wildman–Crippen LogP) is 0.496.